The van der Waals surface area contributed by atoms with Crippen LogP contribution in [0.15, 0.2) is 60.0 Å². The van der Waals surface area contributed by atoms with Gasteiger partial charge in [0.2, 0.25) is 5.91 Å². The van der Waals surface area contributed by atoms with Crippen LogP contribution in [0.2, 0.25) is 0 Å². The Hall–Kier alpha value is -2.50. The van der Waals surface area contributed by atoms with E-state index < -0.39 is 0 Å². The van der Waals surface area contributed by atoms with E-state index in [4.69, 9.17) is 4.98 Å². The summed E-state index contributed by atoms with van der Waals surface area (Å²) in [4.78, 5) is 18.6. The zero-order valence-corrected chi connectivity index (χ0v) is 18.4. The smallest absolute Gasteiger partial charge is 0.230 e. The van der Waals surface area contributed by atoms with Crippen LogP contribution >= 0.6 is 11.3 Å². The minimum Gasteiger partial charge on any atom is -0.304 e. The van der Waals surface area contributed by atoms with Gasteiger partial charge in [-0.05, 0) is 35.6 Å². The van der Waals surface area contributed by atoms with Gasteiger partial charge in [0.15, 0.2) is 5.13 Å². The van der Waals surface area contributed by atoms with Crippen molar-refractivity contribution in [3.05, 3.63) is 76.8 Å². The third kappa shape index (κ3) is 5.31. The molecule has 1 N–H and O–H groups in total. The maximum atomic E-state index is 12.2. The average molecular weight is 408 g/mol. The summed E-state index contributed by atoms with van der Waals surface area (Å²) in [6.45, 7) is 8.86. The van der Waals surface area contributed by atoms with Crippen LogP contribution < -0.4 is 10.2 Å². The van der Waals surface area contributed by atoms with E-state index in [-0.39, 0.29) is 11.9 Å². The number of nitrogens with one attached hydrogen (secondary N) is 1. The highest BCUT2D eigenvalue weighted by molar-refractivity contribution is 7.14. The largest absolute Gasteiger partial charge is 0.304 e. The van der Waals surface area contributed by atoms with Gasteiger partial charge in [0.1, 0.15) is 0 Å². The van der Waals surface area contributed by atoms with Crippen molar-refractivity contribution in [3.63, 3.8) is 0 Å². The molecule has 1 atom stereocenters. The van der Waals surface area contributed by atoms with Crippen LogP contribution in [0.1, 0.15) is 50.6 Å². The van der Waals surface area contributed by atoms with Crippen molar-refractivity contribution >= 4 is 28.1 Å². The number of nitrogens with zero attached hydrogens (tertiary/aromatic N) is 2. The summed E-state index contributed by atoms with van der Waals surface area (Å²) in [5, 5.41) is 6.38. The fourth-order valence-electron chi connectivity index (χ4n) is 3.40. The van der Waals surface area contributed by atoms with Crippen LogP contribution in [0, 0.1) is 5.92 Å². The molecular formula is C24H29N3OS. The number of carbonyl (C=O) groups excluding carboxylic acids is 1. The zero-order valence-electron chi connectivity index (χ0n) is 17.6. The molecule has 0 saturated carbocycles. The summed E-state index contributed by atoms with van der Waals surface area (Å²) >= 11 is 1.50. The first kappa shape index (κ1) is 21.2. The van der Waals surface area contributed by atoms with Crippen LogP contribution in [0.4, 0.5) is 10.8 Å². The van der Waals surface area contributed by atoms with Crippen molar-refractivity contribution in [2.45, 2.75) is 46.7 Å². The lowest BCUT2D eigenvalue weighted by molar-refractivity contribution is -0.115. The van der Waals surface area contributed by atoms with Gasteiger partial charge in [-0.3, -0.25) is 9.69 Å². The Morgan fingerprint density at radius 2 is 1.79 bits per heavy atom. The Morgan fingerprint density at radius 1 is 1.10 bits per heavy atom. The molecule has 0 aliphatic carbocycles. The molecule has 1 amide bonds. The molecule has 3 rings (SSSR count). The number of aromatic nitrogens is 1. The monoisotopic (exact) mass is 407 g/mol. The van der Waals surface area contributed by atoms with Crippen molar-refractivity contribution in [1.29, 1.82) is 0 Å². The first-order valence-corrected chi connectivity index (χ1v) is 11.0. The highest BCUT2D eigenvalue weighted by atomic mass is 32.1. The Balaban J connectivity index is 1.73. The summed E-state index contributed by atoms with van der Waals surface area (Å²) in [6.07, 6.45) is 1.05. The predicted octanol–water partition coefficient (Wildman–Crippen LogP) is 5.88. The van der Waals surface area contributed by atoms with Gasteiger partial charge in [0, 0.05) is 24.9 Å². The number of anilines is 2. The normalized spacial score (nSPS) is 12.2. The number of amides is 1. The molecule has 0 spiro atoms. The maximum absolute atomic E-state index is 12.2. The van der Waals surface area contributed by atoms with Crippen molar-refractivity contribution < 1.29 is 4.79 Å². The minimum atomic E-state index is -0.0406. The molecule has 152 valence electrons. The van der Waals surface area contributed by atoms with Crippen molar-refractivity contribution in [2.75, 3.05) is 4.90 Å². The second-order valence-electron chi connectivity index (χ2n) is 7.51. The Morgan fingerprint density at radius 3 is 2.38 bits per heavy atom. The molecule has 0 bridgehead atoms. The third-order valence-corrected chi connectivity index (χ3v) is 5.85. The summed E-state index contributed by atoms with van der Waals surface area (Å²) in [6, 6.07) is 18.8. The lowest BCUT2D eigenvalue weighted by atomic mass is 9.95. The van der Waals surface area contributed by atoms with Gasteiger partial charge in [-0.25, -0.2) is 4.98 Å². The van der Waals surface area contributed by atoms with E-state index >= 15 is 0 Å². The SMILES string of the molecule is CCc1ccc([C@H](NCc2csc(N(C(C)=O)c3ccccc3)n2)C(C)C)cc1. The predicted molar refractivity (Wildman–Crippen MR) is 122 cm³/mol. The van der Waals surface area contributed by atoms with E-state index in [1.807, 2.05) is 35.7 Å². The second-order valence-corrected chi connectivity index (χ2v) is 8.35. The number of benzene rings is 2. The summed E-state index contributed by atoms with van der Waals surface area (Å²) in [5.74, 6) is 0.416. The second kappa shape index (κ2) is 9.81. The van der Waals surface area contributed by atoms with E-state index in [0.717, 1.165) is 17.8 Å². The number of hydrogen-bond acceptors (Lipinski definition) is 4. The molecule has 0 saturated heterocycles. The van der Waals surface area contributed by atoms with Crippen molar-refractivity contribution in [1.82, 2.24) is 10.3 Å². The molecule has 2 aromatic carbocycles. The molecule has 4 nitrogen and oxygen atoms in total. The fourth-order valence-corrected chi connectivity index (χ4v) is 4.28. The Bertz CT molecular complexity index is 919. The number of rotatable bonds is 8. The number of hydrogen-bond donors (Lipinski definition) is 1. The number of thiazole rings is 1. The van der Waals surface area contributed by atoms with Gasteiger partial charge in [0.05, 0.1) is 11.4 Å². The van der Waals surface area contributed by atoms with Crippen molar-refractivity contribution in [2.24, 2.45) is 5.92 Å². The molecule has 0 radical (unpaired) electrons. The first-order valence-electron chi connectivity index (χ1n) is 10.1. The van der Waals surface area contributed by atoms with E-state index in [1.54, 1.807) is 11.8 Å². The minimum absolute atomic E-state index is 0.0406. The van der Waals surface area contributed by atoms with Gasteiger partial charge < -0.3 is 5.32 Å². The average Bonchev–Trinajstić information content (AvgIpc) is 3.17. The van der Waals surface area contributed by atoms with Crippen LogP contribution in [0.3, 0.4) is 0 Å². The maximum Gasteiger partial charge on any atom is 0.230 e. The molecule has 0 aliphatic rings. The lowest BCUT2D eigenvalue weighted by Crippen LogP contribution is -2.26. The Labute approximate surface area is 177 Å². The lowest BCUT2D eigenvalue weighted by Gasteiger charge is -2.23. The van der Waals surface area contributed by atoms with E-state index in [0.29, 0.717) is 17.6 Å². The van der Waals surface area contributed by atoms with Gasteiger partial charge in [-0.15, -0.1) is 11.3 Å². The molecule has 1 aromatic heterocycles. The molecule has 0 unspecified atom stereocenters. The van der Waals surface area contributed by atoms with Crippen molar-refractivity contribution in [3.8, 4) is 0 Å². The van der Waals surface area contributed by atoms with Gasteiger partial charge in [0.25, 0.3) is 0 Å². The Kier molecular flexibility index (Phi) is 7.18. The molecular weight excluding hydrogens is 378 g/mol. The van der Waals surface area contributed by atoms with E-state index in [9.17, 15) is 4.79 Å². The van der Waals surface area contributed by atoms with Crippen LogP contribution in [-0.4, -0.2) is 10.9 Å². The topological polar surface area (TPSA) is 45.2 Å². The highest BCUT2D eigenvalue weighted by Crippen LogP contribution is 2.29. The third-order valence-electron chi connectivity index (χ3n) is 4.98. The van der Waals surface area contributed by atoms with Crippen LogP contribution in [0.25, 0.3) is 0 Å². The molecule has 0 aliphatic heterocycles. The molecule has 0 fully saturated rings. The standard InChI is InChI=1S/C24H29N3OS/c1-5-19-11-13-20(14-12-19)23(17(2)3)25-15-21-16-29-24(26-21)27(18(4)28)22-9-7-6-8-10-22/h6-14,16-17,23,25H,5,15H2,1-4H3/t23-/m1/s1. The van der Waals surface area contributed by atoms with Crippen LogP contribution in [0.5, 0.6) is 0 Å². The molecule has 5 heteroatoms. The van der Waals surface area contributed by atoms with Gasteiger partial charge >= 0.3 is 0 Å². The number of para-hydroxylation sites is 1. The number of aryl methyl sites for hydroxylation is 1. The summed E-state index contributed by atoms with van der Waals surface area (Å²) in [7, 11) is 0. The van der Waals surface area contributed by atoms with Gasteiger partial charge in [-0.2, -0.15) is 0 Å². The van der Waals surface area contributed by atoms with E-state index in [2.05, 4.69) is 50.4 Å². The van der Waals surface area contributed by atoms with E-state index in [1.165, 1.54) is 22.5 Å². The summed E-state index contributed by atoms with van der Waals surface area (Å²) in [5.41, 5.74) is 4.43. The summed E-state index contributed by atoms with van der Waals surface area (Å²) < 4.78 is 0. The first-order chi connectivity index (χ1) is 14.0. The number of carbonyl (C=O) groups is 1. The molecule has 1 heterocycles. The highest BCUT2D eigenvalue weighted by Gasteiger charge is 2.19. The zero-order chi connectivity index (χ0) is 20.8. The molecule has 3 aromatic rings. The van der Waals surface area contributed by atoms with Crippen LogP contribution in [-0.2, 0) is 17.8 Å². The van der Waals surface area contributed by atoms with Gasteiger partial charge in [-0.1, -0.05) is 63.2 Å². The quantitative estimate of drug-likeness (QED) is 0.507. The molecule has 29 heavy (non-hydrogen) atoms. The fraction of sp³-hybridized carbons (Fsp3) is 0.333.